The summed E-state index contributed by atoms with van der Waals surface area (Å²) in [5, 5.41) is 0. The molecule has 120 valence electrons. The van der Waals surface area contributed by atoms with Crippen LogP contribution in [0.5, 0.6) is 0 Å². The van der Waals surface area contributed by atoms with Crippen LogP contribution in [0.25, 0.3) is 11.2 Å². The number of rotatable bonds is 4. The molecule has 0 aliphatic carbocycles. The first-order valence-corrected chi connectivity index (χ1v) is 6.84. The van der Waals surface area contributed by atoms with Crippen molar-refractivity contribution in [3.63, 3.8) is 0 Å². The molecule has 0 radical (unpaired) electrons. The predicted octanol–water partition coefficient (Wildman–Crippen LogP) is 0.614. The highest BCUT2D eigenvalue weighted by atomic mass is 19.1. The molecule has 2 aromatic rings. The standard InChI is InChI=1S/C13H18FN5O3/c1-6-17-11(15)9-12(18-6)19(5-16-9)13-8(14)10(21-3)7(22-13)4-20-2/h5,7-8,10,13H,4H2,1-3H3,(H2,15,17,18)/t7-,8+,10?,13-/m1/s1. The number of hydrogen-bond donors (Lipinski definition) is 1. The third-order valence-electron chi connectivity index (χ3n) is 3.70. The van der Waals surface area contributed by atoms with E-state index in [2.05, 4.69) is 15.0 Å². The minimum absolute atomic E-state index is 0.234. The number of fused-ring (bicyclic) bond motifs is 1. The van der Waals surface area contributed by atoms with Gasteiger partial charge in [-0.2, -0.15) is 0 Å². The van der Waals surface area contributed by atoms with Crippen molar-refractivity contribution in [1.82, 2.24) is 19.5 Å². The third-order valence-corrected chi connectivity index (χ3v) is 3.70. The molecule has 1 aliphatic heterocycles. The topological polar surface area (TPSA) is 97.3 Å². The number of halogens is 1. The van der Waals surface area contributed by atoms with Gasteiger partial charge < -0.3 is 19.9 Å². The summed E-state index contributed by atoms with van der Waals surface area (Å²) in [7, 11) is 2.97. The summed E-state index contributed by atoms with van der Waals surface area (Å²) in [6.45, 7) is 1.94. The van der Waals surface area contributed by atoms with E-state index in [1.807, 2.05) is 0 Å². The Morgan fingerprint density at radius 1 is 1.41 bits per heavy atom. The zero-order valence-corrected chi connectivity index (χ0v) is 12.6. The van der Waals surface area contributed by atoms with Gasteiger partial charge >= 0.3 is 0 Å². The molecule has 1 aliphatic rings. The molecule has 2 N–H and O–H groups in total. The number of alkyl halides is 1. The molecule has 4 atom stereocenters. The van der Waals surface area contributed by atoms with Crippen molar-refractivity contribution in [2.75, 3.05) is 26.6 Å². The Balaban J connectivity index is 2.01. The Morgan fingerprint density at radius 2 is 2.18 bits per heavy atom. The molecule has 3 heterocycles. The maximum Gasteiger partial charge on any atom is 0.174 e. The molecule has 3 rings (SSSR count). The summed E-state index contributed by atoms with van der Waals surface area (Å²) < 4.78 is 32.2. The zero-order valence-electron chi connectivity index (χ0n) is 12.6. The molecule has 8 nitrogen and oxygen atoms in total. The van der Waals surface area contributed by atoms with Crippen molar-refractivity contribution in [2.45, 2.75) is 31.5 Å². The minimum Gasteiger partial charge on any atom is -0.382 e. The third kappa shape index (κ3) is 2.31. The number of methoxy groups -OCH3 is 2. The summed E-state index contributed by atoms with van der Waals surface area (Å²) in [6, 6.07) is 0. The molecule has 1 saturated heterocycles. The predicted molar refractivity (Wildman–Crippen MR) is 76.0 cm³/mol. The van der Waals surface area contributed by atoms with Crippen LogP contribution in [0.2, 0.25) is 0 Å². The van der Waals surface area contributed by atoms with Gasteiger partial charge in [-0.05, 0) is 6.92 Å². The molecular formula is C13H18FN5O3. The molecule has 0 amide bonds. The van der Waals surface area contributed by atoms with Crippen molar-refractivity contribution < 1.29 is 18.6 Å². The van der Waals surface area contributed by atoms with Gasteiger partial charge in [0.05, 0.1) is 12.9 Å². The van der Waals surface area contributed by atoms with Crippen molar-refractivity contribution in [2.24, 2.45) is 0 Å². The van der Waals surface area contributed by atoms with Crippen LogP contribution in [0.1, 0.15) is 12.1 Å². The van der Waals surface area contributed by atoms with Crippen molar-refractivity contribution in [1.29, 1.82) is 0 Å². The van der Waals surface area contributed by atoms with Gasteiger partial charge in [0.1, 0.15) is 23.5 Å². The Hall–Kier alpha value is -1.84. The van der Waals surface area contributed by atoms with Crippen LogP contribution in [0, 0.1) is 6.92 Å². The zero-order chi connectivity index (χ0) is 15.9. The molecule has 1 unspecified atom stereocenters. The smallest absolute Gasteiger partial charge is 0.174 e. The van der Waals surface area contributed by atoms with Gasteiger partial charge in [-0.25, -0.2) is 19.3 Å². The average Bonchev–Trinajstić information content (AvgIpc) is 3.01. The Morgan fingerprint density at radius 3 is 2.86 bits per heavy atom. The Bertz CT molecular complexity index is 679. The number of ether oxygens (including phenoxy) is 3. The lowest BCUT2D eigenvalue weighted by atomic mass is 10.1. The lowest BCUT2D eigenvalue weighted by Gasteiger charge is -2.16. The number of nitrogens with zero attached hydrogens (tertiary/aromatic N) is 4. The van der Waals surface area contributed by atoms with E-state index in [4.69, 9.17) is 19.9 Å². The molecule has 22 heavy (non-hydrogen) atoms. The Labute approximate surface area is 126 Å². The van der Waals surface area contributed by atoms with Crippen molar-refractivity contribution in [3.8, 4) is 0 Å². The van der Waals surface area contributed by atoms with Crippen LogP contribution in [0.3, 0.4) is 0 Å². The van der Waals surface area contributed by atoms with E-state index in [1.54, 1.807) is 6.92 Å². The van der Waals surface area contributed by atoms with Gasteiger partial charge in [-0.3, -0.25) is 4.57 Å². The number of nitrogen functional groups attached to an aromatic ring is 1. The number of hydrogen-bond acceptors (Lipinski definition) is 7. The fourth-order valence-electron chi connectivity index (χ4n) is 2.74. The van der Waals surface area contributed by atoms with Gasteiger partial charge in [-0.1, -0.05) is 0 Å². The van der Waals surface area contributed by atoms with Crippen LogP contribution in [0.4, 0.5) is 10.2 Å². The molecule has 0 aromatic carbocycles. The van der Waals surface area contributed by atoms with E-state index in [0.29, 0.717) is 17.0 Å². The van der Waals surface area contributed by atoms with E-state index in [-0.39, 0.29) is 12.4 Å². The highest BCUT2D eigenvalue weighted by Crippen LogP contribution is 2.35. The molecule has 0 saturated carbocycles. The first kappa shape index (κ1) is 15.1. The lowest BCUT2D eigenvalue weighted by Crippen LogP contribution is -2.33. The van der Waals surface area contributed by atoms with Crippen LogP contribution in [-0.2, 0) is 14.2 Å². The Kier molecular flexibility index (Phi) is 3.94. The van der Waals surface area contributed by atoms with Gasteiger partial charge in [0.25, 0.3) is 0 Å². The van der Waals surface area contributed by atoms with Crippen molar-refractivity contribution in [3.05, 3.63) is 12.2 Å². The molecule has 0 spiro atoms. The van der Waals surface area contributed by atoms with E-state index in [9.17, 15) is 4.39 Å². The van der Waals surface area contributed by atoms with Gasteiger partial charge in [-0.15, -0.1) is 0 Å². The molecular weight excluding hydrogens is 293 g/mol. The molecule has 1 fully saturated rings. The second kappa shape index (κ2) is 5.75. The molecule has 9 heteroatoms. The monoisotopic (exact) mass is 311 g/mol. The second-order valence-electron chi connectivity index (χ2n) is 5.15. The largest absolute Gasteiger partial charge is 0.382 e. The number of nitrogens with two attached hydrogens (primary N) is 1. The second-order valence-corrected chi connectivity index (χ2v) is 5.15. The molecule has 0 bridgehead atoms. The lowest BCUT2D eigenvalue weighted by molar-refractivity contribution is -0.0602. The van der Waals surface area contributed by atoms with E-state index >= 15 is 0 Å². The van der Waals surface area contributed by atoms with Crippen LogP contribution in [0.15, 0.2) is 6.33 Å². The quantitative estimate of drug-likeness (QED) is 0.883. The maximum atomic E-state index is 14.7. The number of aryl methyl sites for hydroxylation is 1. The number of aromatic nitrogens is 4. The van der Waals surface area contributed by atoms with E-state index < -0.39 is 24.6 Å². The fourth-order valence-corrected chi connectivity index (χ4v) is 2.74. The van der Waals surface area contributed by atoms with Crippen LogP contribution in [-0.4, -0.2) is 58.7 Å². The summed E-state index contributed by atoms with van der Waals surface area (Å²) in [5.74, 6) is 0.739. The summed E-state index contributed by atoms with van der Waals surface area (Å²) in [5.41, 5.74) is 6.68. The highest BCUT2D eigenvalue weighted by Gasteiger charge is 2.47. The van der Waals surface area contributed by atoms with Gasteiger partial charge in [0, 0.05) is 14.2 Å². The van der Waals surface area contributed by atoms with Crippen LogP contribution >= 0.6 is 0 Å². The average molecular weight is 311 g/mol. The van der Waals surface area contributed by atoms with Gasteiger partial charge in [0.2, 0.25) is 0 Å². The van der Waals surface area contributed by atoms with E-state index in [1.165, 1.54) is 25.1 Å². The summed E-state index contributed by atoms with van der Waals surface area (Å²) >= 11 is 0. The summed E-state index contributed by atoms with van der Waals surface area (Å²) in [6.07, 6.45) is -2.05. The normalized spacial score (nSPS) is 28.5. The SMILES string of the molecule is COC[C@H]1O[C@@H](n2cnc3c(N)nc(C)nc32)[C@@H](F)C1OC. The molecule has 2 aromatic heterocycles. The first-order valence-electron chi connectivity index (χ1n) is 6.84. The van der Waals surface area contributed by atoms with Crippen molar-refractivity contribution >= 4 is 17.0 Å². The number of imidazole rings is 1. The van der Waals surface area contributed by atoms with E-state index in [0.717, 1.165) is 0 Å². The number of anilines is 1. The summed E-state index contributed by atoms with van der Waals surface area (Å²) in [4.78, 5) is 12.5. The van der Waals surface area contributed by atoms with Crippen LogP contribution < -0.4 is 5.73 Å². The first-order chi connectivity index (χ1) is 10.6. The minimum atomic E-state index is -1.38. The maximum absolute atomic E-state index is 14.7. The fraction of sp³-hybridized carbons (Fsp3) is 0.615. The highest BCUT2D eigenvalue weighted by molar-refractivity contribution is 5.81. The van der Waals surface area contributed by atoms with Gasteiger partial charge in [0.15, 0.2) is 23.9 Å².